The number of carbonyl (C=O) groups is 2. The van der Waals surface area contributed by atoms with E-state index < -0.39 is 12.3 Å². The van der Waals surface area contributed by atoms with Gasteiger partial charge in [0, 0.05) is 31.4 Å². The number of hydrogen-bond donors (Lipinski definition) is 0. The van der Waals surface area contributed by atoms with Gasteiger partial charge in [-0.1, -0.05) is 48.9 Å². The first-order valence-electron chi connectivity index (χ1n) is 13.9. The summed E-state index contributed by atoms with van der Waals surface area (Å²) in [6, 6.07) is 20.3. The van der Waals surface area contributed by atoms with Gasteiger partial charge in [-0.2, -0.15) is 0 Å². The lowest BCUT2D eigenvalue weighted by molar-refractivity contribution is -0.124. The van der Waals surface area contributed by atoms with E-state index in [0.717, 1.165) is 42.5 Å². The van der Waals surface area contributed by atoms with E-state index >= 15 is 0 Å². The van der Waals surface area contributed by atoms with E-state index in [0.29, 0.717) is 28.7 Å². The van der Waals surface area contributed by atoms with Gasteiger partial charge in [0.05, 0.1) is 7.89 Å². The van der Waals surface area contributed by atoms with Crippen molar-refractivity contribution in [3.05, 3.63) is 89.8 Å². The second kappa shape index (κ2) is 10.9. The van der Waals surface area contributed by atoms with Gasteiger partial charge in [-0.3, -0.25) is 9.59 Å². The number of nitrogens with zero attached hydrogens (tertiary/aromatic N) is 2. The maximum Gasteiger partial charge on any atom is 0.230 e. The Hall–Kier alpha value is -3.73. The molecule has 0 N–H and O–H groups in total. The number of allylic oxidation sites excluding steroid dienone is 1. The number of amides is 1. The van der Waals surface area contributed by atoms with Crippen molar-refractivity contribution in [2.75, 3.05) is 23.9 Å². The smallest absolute Gasteiger partial charge is 0.230 e. The largest absolute Gasteiger partial charge is 0.378 e. The van der Waals surface area contributed by atoms with Crippen LogP contribution in [-0.4, -0.2) is 25.8 Å². The molecule has 2 bridgehead atoms. The zero-order valence-corrected chi connectivity index (χ0v) is 22.2. The van der Waals surface area contributed by atoms with Gasteiger partial charge in [0.2, 0.25) is 5.91 Å². The number of rotatable bonds is 8. The molecule has 0 aliphatic heterocycles. The van der Waals surface area contributed by atoms with Gasteiger partial charge in [0.25, 0.3) is 0 Å². The Morgan fingerprint density at radius 2 is 1.63 bits per heavy atom. The minimum atomic E-state index is -1.03. The van der Waals surface area contributed by atoms with Gasteiger partial charge in [-0.25, -0.2) is 4.39 Å². The van der Waals surface area contributed by atoms with Crippen molar-refractivity contribution >= 4 is 29.1 Å². The van der Waals surface area contributed by atoms with Crippen molar-refractivity contribution in [2.24, 2.45) is 17.8 Å². The summed E-state index contributed by atoms with van der Waals surface area (Å²) < 4.78 is 24.0. The Morgan fingerprint density at radius 3 is 2.21 bits per heavy atom. The molecule has 3 aromatic rings. The summed E-state index contributed by atoms with van der Waals surface area (Å²) in [5.74, 6) is -0.0241. The maximum absolute atomic E-state index is 14.8. The summed E-state index contributed by atoms with van der Waals surface area (Å²) in [5, 5.41) is 0. The molecule has 0 radical (unpaired) electrons. The van der Waals surface area contributed by atoms with E-state index in [1.807, 2.05) is 43.3 Å². The van der Waals surface area contributed by atoms with E-state index in [1.165, 1.54) is 30.0 Å². The fourth-order valence-corrected chi connectivity index (χ4v) is 5.90. The number of ketones is 1. The number of hydrogen-bond acceptors (Lipinski definition) is 3. The highest BCUT2D eigenvalue weighted by atomic mass is 19.1. The zero-order valence-electron chi connectivity index (χ0n) is 23.2. The molecule has 0 heterocycles. The minimum Gasteiger partial charge on any atom is -0.378 e. The molecule has 5 rings (SSSR count). The van der Waals surface area contributed by atoms with Gasteiger partial charge >= 0.3 is 0 Å². The summed E-state index contributed by atoms with van der Waals surface area (Å²) >= 11 is 0. The van der Waals surface area contributed by atoms with Crippen molar-refractivity contribution in [3.63, 3.8) is 0 Å². The molecule has 2 fully saturated rings. The monoisotopic (exact) mass is 511 g/mol. The van der Waals surface area contributed by atoms with Crippen molar-refractivity contribution in [2.45, 2.75) is 39.1 Å². The first-order chi connectivity index (χ1) is 18.7. The number of carbonyl (C=O) groups excluding carboxylic acids is 2. The van der Waals surface area contributed by atoms with Gasteiger partial charge in [0.15, 0.2) is 5.78 Å². The average Bonchev–Trinajstić information content (AvgIpc) is 3.56. The molecule has 4 nitrogen and oxygen atoms in total. The standard InChI is InChI=1S/C33H35FN2O2/c1-22(37)4-5-25-17-29(34)20-31(18-25)36(33(38)32-19-24-8-11-28(32)16-24)21-23-6-9-26(10-7-23)27-12-14-30(15-13-27)35(2)3/h4-7,9-10,12-15,17-18,20,24,28,32H,8,11,16,19,21H2,1-3H3/b5-4+/t24-,28+,32?/m0/s1/i21D/t21?,24-,28+,32?. The highest BCUT2D eigenvalue weighted by molar-refractivity contribution is 5.96. The molecule has 4 atom stereocenters. The van der Waals surface area contributed by atoms with Crippen LogP contribution in [0, 0.1) is 23.6 Å². The van der Waals surface area contributed by atoms with Crippen molar-refractivity contribution < 1.29 is 15.4 Å². The summed E-state index contributed by atoms with van der Waals surface area (Å²) in [5.41, 5.74) is 4.68. The highest BCUT2D eigenvalue weighted by Gasteiger charge is 2.44. The van der Waals surface area contributed by atoms with Crippen LogP contribution in [-0.2, 0) is 16.1 Å². The van der Waals surface area contributed by atoms with Crippen LogP contribution in [0.5, 0.6) is 0 Å². The van der Waals surface area contributed by atoms with E-state index in [1.54, 1.807) is 12.1 Å². The van der Waals surface area contributed by atoms with Crippen LogP contribution < -0.4 is 9.80 Å². The summed E-state index contributed by atoms with van der Waals surface area (Å²) in [6.45, 7) is 0.398. The Morgan fingerprint density at radius 1 is 0.947 bits per heavy atom. The second-order valence-electron chi connectivity index (χ2n) is 10.9. The molecule has 1 amide bonds. The van der Waals surface area contributed by atoms with Gasteiger partial charge in [-0.15, -0.1) is 0 Å². The average molecular weight is 512 g/mol. The van der Waals surface area contributed by atoms with Crippen LogP contribution in [0.3, 0.4) is 0 Å². The third-order valence-electron chi connectivity index (χ3n) is 7.89. The number of anilines is 2. The second-order valence-corrected chi connectivity index (χ2v) is 10.9. The SMILES string of the molecule is [2H]C(c1ccc(-c2ccc(N(C)C)cc2)cc1)N(C(=O)C1C[C@H]2CC[C@@H]1C2)c1cc(F)cc(/C=C/C(C)=O)c1. The molecule has 196 valence electrons. The van der Waals surface area contributed by atoms with Crippen LogP contribution in [0.15, 0.2) is 72.8 Å². The molecule has 0 spiro atoms. The third kappa shape index (κ3) is 5.72. The molecule has 0 aromatic heterocycles. The molecule has 2 saturated carbocycles. The molecule has 5 heteroatoms. The molecule has 38 heavy (non-hydrogen) atoms. The molecular weight excluding hydrogens is 475 g/mol. The van der Waals surface area contributed by atoms with Crippen LogP contribution in [0.1, 0.15) is 45.1 Å². The van der Waals surface area contributed by atoms with Crippen LogP contribution in [0.4, 0.5) is 15.8 Å². The fraction of sp³-hybridized carbons (Fsp3) is 0.333. The number of halogens is 1. The van der Waals surface area contributed by atoms with Crippen molar-refractivity contribution in [1.82, 2.24) is 0 Å². The predicted molar refractivity (Wildman–Crippen MR) is 152 cm³/mol. The first-order valence-corrected chi connectivity index (χ1v) is 13.3. The molecular formula is C33H35FN2O2. The summed E-state index contributed by atoms with van der Waals surface area (Å²) in [4.78, 5) is 29.0. The minimum absolute atomic E-state index is 0.113. The van der Waals surface area contributed by atoms with Crippen LogP contribution >= 0.6 is 0 Å². The van der Waals surface area contributed by atoms with E-state index in [2.05, 4.69) is 24.3 Å². The molecule has 0 saturated heterocycles. The zero-order chi connectivity index (χ0) is 27.7. The van der Waals surface area contributed by atoms with Crippen LogP contribution in [0.25, 0.3) is 17.2 Å². The maximum atomic E-state index is 14.8. The van der Waals surface area contributed by atoms with Crippen molar-refractivity contribution in [1.29, 1.82) is 0 Å². The van der Waals surface area contributed by atoms with E-state index in [9.17, 15) is 15.4 Å². The Labute approximate surface area is 226 Å². The van der Waals surface area contributed by atoms with Gasteiger partial charge in [-0.05, 0) is 96.7 Å². The lowest BCUT2D eigenvalue weighted by atomic mass is 9.87. The normalized spacial score (nSPS) is 21.4. The fourth-order valence-electron chi connectivity index (χ4n) is 5.90. The quantitative estimate of drug-likeness (QED) is 0.302. The molecule has 3 aromatic carbocycles. The summed E-state index contributed by atoms with van der Waals surface area (Å²) in [7, 11) is 4.01. The van der Waals surface area contributed by atoms with E-state index in [4.69, 9.17) is 0 Å². The number of fused-ring (bicyclic) bond motifs is 2. The van der Waals surface area contributed by atoms with Crippen molar-refractivity contribution in [3.8, 4) is 11.1 Å². The molecule has 2 aliphatic rings. The Bertz CT molecular complexity index is 1380. The Kier molecular flexibility index (Phi) is 7.08. The topological polar surface area (TPSA) is 40.6 Å². The van der Waals surface area contributed by atoms with Gasteiger partial charge < -0.3 is 9.80 Å². The predicted octanol–water partition coefficient (Wildman–Crippen LogP) is 7.13. The van der Waals surface area contributed by atoms with Crippen LogP contribution in [0.2, 0.25) is 0 Å². The molecule has 2 unspecified atom stereocenters. The third-order valence-corrected chi connectivity index (χ3v) is 7.89. The first kappa shape index (κ1) is 24.6. The number of benzene rings is 3. The lowest BCUT2D eigenvalue weighted by Gasteiger charge is -2.30. The highest BCUT2D eigenvalue weighted by Crippen LogP contribution is 2.49. The Balaban J connectivity index is 1.48. The van der Waals surface area contributed by atoms with Gasteiger partial charge in [0.1, 0.15) is 5.82 Å². The lowest BCUT2D eigenvalue weighted by Crippen LogP contribution is -2.38. The van der Waals surface area contributed by atoms with E-state index in [-0.39, 0.29) is 17.6 Å². The molecule has 2 aliphatic carbocycles. The summed E-state index contributed by atoms with van der Waals surface area (Å²) in [6.07, 6.45) is 7.02.